The second-order valence-corrected chi connectivity index (χ2v) is 5.26. The maximum Gasteiger partial charge on any atom is 0.329 e. The molecular formula is C12H20N6O2. The van der Waals surface area contributed by atoms with Gasteiger partial charge in [-0.1, -0.05) is 0 Å². The number of nitrogens with one attached hydrogen (secondary N) is 2. The molecule has 2 N–H and O–H groups in total. The molecule has 0 aromatic carbocycles. The monoisotopic (exact) mass is 280 g/mol. The lowest BCUT2D eigenvalue weighted by atomic mass is 9.75. The summed E-state index contributed by atoms with van der Waals surface area (Å²) in [6, 6.07) is 0. The van der Waals surface area contributed by atoms with Crippen molar-refractivity contribution in [2.45, 2.75) is 24.8 Å². The molecule has 0 saturated heterocycles. The third-order valence-corrected chi connectivity index (χ3v) is 4.01. The molecule has 1 fully saturated rings. The van der Waals surface area contributed by atoms with Gasteiger partial charge in [0.1, 0.15) is 6.20 Å². The highest BCUT2D eigenvalue weighted by molar-refractivity contribution is 5.57. The summed E-state index contributed by atoms with van der Waals surface area (Å²) in [5.74, 6) is 0.632. The van der Waals surface area contributed by atoms with Crippen molar-refractivity contribution < 1.29 is 4.92 Å². The first kappa shape index (κ1) is 14.4. The largest absolute Gasteiger partial charge is 0.362 e. The van der Waals surface area contributed by atoms with Crippen LogP contribution in [-0.2, 0) is 0 Å². The Hall–Kier alpha value is -1.96. The second-order valence-electron chi connectivity index (χ2n) is 5.26. The Labute approximate surface area is 117 Å². The van der Waals surface area contributed by atoms with E-state index < -0.39 is 4.92 Å². The standard InChI is InChI=1S/C12H20N6O2/c1-13-11-14-7-9(18(19)20)10(16-11)15-8-12(17(2)3)5-4-6-12/h7H,4-6,8H2,1-3H3,(H2,13,14,15,16). The lowest BCUT2D eigenvalue weighted by Gasteiger charge is -2.47. The van der Waals surface area contributed by atoms with Gasteiger partial charge in [0.2, 0.25) is 11.8 Å². The Kier molecular flexibility index (Phi) is 4.03. The summed E-state index contributed by atoms with van der Waals surface area (Å²) in [5.41, 5.74) is -0.0317. The molecule has 0 unspecified atom stereocenters. The summed E-state index contributed by atoms with van der Waals surface area (Å²) >= 11 is 0. The van der Waals surface area contributed by atoms with E-state index in [-0.39, 0.29) is 17.0 Å². The number of nitrogens with zero attached hydrogens (tertiary/aromatic N) is 4. The molecule has 1 aliphatic carbocycles. The number of rotatable bonds is 6. The Balaban J connectivity index is 2.17. The zero-order valence-electron chi connectivity index (χ0n) is 12.0. The number of anilines is 2. The first-order valence-electron chi connectivity index (χ1n) is 6.59. The van der Waals surface area contributed by atoms with Crippen molar-refractivity contribution in [3.8, 4) is 0 Å². The Morgan fingerprint density at radius 2 is 2.20 bits per heavy atom. The molecule has 1 aromatic heterocycles. The molecule has 1 saturated carbocycles. The maximum atomic E-state index is 11.0. The van der Waals surface area contributed by atoms with Crippen LogP contribution in [0.15, 0.2) is 6.20 Å². The van der Waals surface area contributed by atoms with Crippen molar-refractivity contribution in [3.05, 3.63) is 16.3 Å². The fourth-order valence-corrected chi connectivity index (χ4v) is 2.37. The molecule has 1 aromatic rings. The molecule has 0 bridgehead atoms. The predicted molar refractivity (Wildman–Crippen MR) is 77.0 cm³/mol. The minimum atomic E-state index is -0.467. The molecule has 0 atom stereocenters. The van der Waals surface area contributed by atoms with E-state index in [1.54, 1.807) is 7.05 Å². The number of aromatic nitrogens is 2. The normalized spacial score (nSPS) is 16.6. The summed E-state index contributed by atoms with van der Waals surface area (Å²) in [4.78, 5) is 20.7. The zero-order valence-corrected chi connectivity index (χ0v) is 12.0. The van der Waals surface area contributed by atoms with E-state index >= 15 is 0 Å². The maximum absolute atomic E-state index is 11.0. The van der Waals surface area contributed by atoms with E-state index in [1.807, 2.05) is 14.1 Å². The summed E-state index contributed by atoms with van der Waals surface area (Å²) in [5, 5.41) is 16.9. The van der Waals surface area contributed by atoms with Crippen molar-refractivity contribution in [2.75, 3.05) is 38.3 Å². The summed E-state index contributed by atoms with van der Waals surface area (Å²) in [6.45, 7) is 0.640. The quantitative estimate of drug-likeness (QED) is 0.599. The topological polar surface area (TPSA) is 96.2 Å². The minimum absolute atomic E-state index is 0.0681. The minimum Gasteiger partial charge on any atom is -0.362 e. The van der Waals surface area contributed by atoms with Crippen LogP contribution in [0.4, 0.5) is 17.5 Å². The fourth-order valence-electron chi connectivity index (χ4n) is 2.37. The van der Waals surface area contributed by atoms with Gasteiger partial charge in [-0.3, -0.25) is 10.1 Å². The van der Waals surface area contributed by atoms with Crippen LogP contribution >= 0.6 is 0 Å². The van der Waals surface area contributed by atoms with Crippen LogP contribution in [0.2, 0.25) is 0 Å². The van der Waals surface area contributed by atoms with Crippen LogP contribution in [0.5, 0.6) is 0 Å². The molecule has 8 heteroatoms. The van der Waals surface area contributed by atoms with Gasteiger partial charge in [-0.05, 0) is 33.4 Å². The average Bonchev–Trinajstić information content (AvgIpc) is 2.36. The van der Waals surface area contributed by atoms with Crippen molar-refractivity contribution in [1.82, 2.24) is 14.9 Å². The molecule has 8 nitrogen and oxygen atoms in total. The van der Waals surface area contributed by atoms with Gasteiger partial charge in [-0.15, -0.1) is 0 Å². The lowest BCUT2D eigenvalue weighted by Crippen LogP contribution is -2.54. The Morgan fingerprint density at radius 1 is 1.50 bits per heavy atom. The van der Waals surface area contributed by atoms with Crippen molar-refractivity contribution in [1.29, 1.82) is 0 Å². The van der Waals surface area contributed by atoms with Gasteiger partial charge in [-0.2, -0.15) is 4.98 Å². The number of nitro groups is 1. The summed E-state index contributed by atoms with van der Waals surface area (Å²) in [7, 11) is 5.75. The number of likely N-dealkylation sites (N-methyl/N-ethyl adjacent to an activating group) is 1. The SMILES string of the molecule is CNc1ncc([N+](=O)[O-])c(NCC2(N(C)C)CCC2)n1. The first-order valence-corrected chi connectivity index (χ1v) is 6.59. The van der Waals surface area contributed by atoms with Crippen molar-refractivity contribution >= 4 is 17.5 Å². The van der Waals surface area contributed by atoms with Gasteiger partial charge in [0.05, 0.1) is 4.92 Å². The van der Waals surface area contributed by atoms with Crippen LogP contribution in [0.25, 0.3) is 0 Å². The molecule has 110 valence electrons. The molecule has 0 aliphatic heterocycles. The van der Waals surface area contributed by atoms with Gasteiger partial charge in [-0.25, -0.2) is 4.98 Å². The van der Waals surface area contributed by atoms with Crippen molar-refractivity contribution in [2.24, 2.45) is 0 Å². The van der Waals surface area contributed by atoms with Crippen LogP contribution in [0.1, 0.15) is 19.3 Å². The van der Waals surface area contributed by atoms with Gasteiger partial charge in [0.25, 0.3) is 0 Å². The van der Waals surface area contributed by atoms with E-state index in [4.69, 9.17) is 0 Å². The molecule has 0 spiro atoms. The van der Waals surface area contributed by atoms with E-state index in [0.29, 0.717) is 12.5 Å². The molecule has 1 heterocycles. The summed E-state index contributed by atoms with van der Waals surface area (Å²) in [6.07, 6.45) is 4.59. The lowest BCUT2D eigenvalue weighted by molar-refractivity contribution is -0.384. The van der Waals surface area contributed by atoms with Gasteiger partial charge >= 0.3 is 5.69 Å². The highest BCUT2D eigenvalue weighted by Gasteiger charge is 2.39. The summed E-state index contributed by atoms with van der Waals surface area (Å²) < 4.78 is 0. The highest BCUT2D eigenvalue weighted by atomic mass is 16.6. The highest BCUT2D eigenvalue weighted by Crippen LogP contribution is 2.36. The third-order valence-electron chi connectivity index (χ3n) is 4.01. The first-order chi connectivity index (χ1) is 9.48. The molecule has 1 aliphatic rings. The van der Waals surface area contributed by atoms with Gasteiger partial charge in [0, 0.05) is 19.1 Å². The average molecular weight is 280 g/mol. The van der Waals surface area contributed by atoms with E-state index in [1.165, 1.54) is 12.6 Å². The number of hydrogen-bond acceptors (Lipinski definition) is 7. The fraction of sp³-hybridized carbons (Fsp3) is 0.667. The predicted octanol–water partition coefficient (Wildman–Crippen LogP) is 1.32. The molecule has 0 amide bonds. The van der Waals surface area contributed by atoms with E-state index in [2.05, 4.69) is 25.5 Å². The van der Waals surface area contributed by atoms with Crippen LogP contribution in [0.3, 0.4) is 0 Å². The van der Waals surface area contributed by atoms with Crippen molar-refractivity contribution in [3.63, 3.8) is 0 Å². The van der Waals surface area contributed by atoms with Crippen LogP contribution in [-0.4, -0.2) is 53.0 Å². The van der Waals surface area contributed by atoms with Crippen LogP contribution < -0.4 is 10.6 Å². The molecule has 20 heavy (non-hydrogen) atoms. The zero-order chi connectivity index (χ0) is 14.8. The smallest absolute Gasteiger partial charge is 0.329 e. The van der Waals surface area contributed by atoms with E-state index in [0.717, 1.165) is 12.8 Å². The third kappa shape index (κ3) is 2.64. The second kappa shape index (κ2) is 5.58. The molecule has 0 radical (unpaired) electrons. The number of hydrogen-bond donors (Lipinski definition) is 2. The molecule has 2 rings (SSSR count). The Morgan fingerprint density at radius 3 is 2.65 bits per heavy atom. The Bertz CT molecular complexity index is 501. The van der Waals surface area contributed by atoms with Gasteiger partial charge in [0.15, 0.2) is 0 Å². The van der Waals surface area contributed by atoms with Crippen LogP contribution in [0, 0.1) is 10.1 Å². The molecular weight excluding hydrogens is 260 g/mol. The van der Waals surface area contributed by atoms with E-state index in [9.17, 15) is 10.1 Å². The van der Waals surface area contributed by atoms with Gasteiger partial charge < -0.3 is 15.5 Å².